The molecule has 1 N–H and O–H groups in total. The lowest BCUT2D eigenvalue weighted by Crippen LogP contribution is -1.96. The van der Waals surface area contributed by atoms with Crippen LogP contribution in [0.25, 0.3) is 0 Å². The lowest BCUT2D eigenvalue weighted by Gasteiger charge is -2.11. The molecule has 8 heteroatoms. The molecule has 0 bridgehead atoms. The Balaban J connectivity index is 2.48. The third-order valence-electron chi connectivity index (χ3n) is 2.61. The summed E-state index contributed by atoms with van der Waals surface area (Å²) in [5, 5.41) is 20.6. The molecular weight excluding hydrogens is 385 g/mol. The van der Waals surface area contributed by atoms with Gasteiger partial charge in [-0.3, -0.25) is 10.1 Å². The van der Waals surface area contributed by atoms with E-state index < -0.39 is 4.92 Å². The number of ether oxygens (including phenoxy) is 1. The number of benzene rings is 2. The van der Waals surface area contributed by atoms with Crippen molar-refractivity contribution in [2.45, 2.75) is 6.61 Å². The molecule has 21 heavy (non-hydrogen) atoms. The zero-order valence-electron chi connectivity index (χ0n) is 10.3. The summed E-state index contributed by atoms with van der Waals surface area (Å²) in [6.45, 7) is -0.274. The summed E-state index contributed by atoms with van der Waals surface area (Å²) >= 11 is 14.9. The minimum Gasteiger partial charge on any atom is -0.450 e. The molecule has 0 radical (unpaired) electrons. The van der Waals surface area contributed by atoms with Crippen molar-refractivity contribution in [3.05, 3.63) is 60.5 Å². The predicted octanol–water partition coefficient (Wildman–Crippen LogP) is 4.95. The molecular formula is C13H8BrCl2NO4. The zero-order chi connectivity index (χ0) is 15.6. The first kappa shape index (κ1) is 16.0. The zero-order valence-corrected chi connectivity index (χ0v) is 13.4. The van der Waals surface area contributed by atoms with Crippen molar-refractivity contribution in [2.75, 3.05) is 0 Å². The van der Waals surface area contributed by atoms with Crippen LogP contribution in [0, 0.1) is 10.1 Å². The van der Waals surface area contributed by atoms with Gasteiger partial charge in [0.25, 0.3) is 0 Å². The van der Waals surface area contributed by atoms with Crippen molar-refractivity contribution >= 4 is 44.8 Å². The van der Waals surface area contributed by atoms with E-state index in [1.54, 1.807) is 18.2 Å². The molecule has 5 nitrogen and oxygen atoms in total. The van der Waals surface area contributed by atoms with Gasteiger partial charge in [-0.25, -0.2) is 0 Å². The molecule has 2 aromatic rings. The summed E-state index contributed by atoms with van der Waals surface area (Å²) in [6, 6.07) is 7.32. The van der Waals surface area contributed by atoms with E-state index in [0.717, 1.165) is 10.5 Å². The quantitative estimate of drug-likeness (QED) is 0.590. The maximum atomic E-state index is 11.1. The maximum absolute atomic E-state index is 11.1. The van der Waals surface area contributed by atoms with Gasteiger partial charge in [0.2, 0.25) is 5.75 Å². The molecule has 0 aliphatic heterocycles. The van der Waals surface area contributed by atoms with Crippen molar-refractivity contribution in [3.63, 3.8) is 0 Å². The van der Waals surface area contributed by atoms with E-state index >= 15 is 0 Å². The lowest BCUT2D eigenvalue weighted by molar-refractivity contribution is -0.385. The second-order valence-corrected chi connectivity index (χ2v) is 5.73. The number of nitro groups is 1. The smallest absolute Gasteiger partial charge is 0.313 e. The second kappa shape index (κ2) is 6.62. The van der Waals surface area contributed by atoms with Crippen LogP contribution in [0.1, 0.15) is 5.56 Å². The van der Waals surface area contributed by atoms with Gasteiger partial charge in [-0.05, 0) is 18.2 Å². The summed E-state index contributed by atoms with van der Waals surface area (Å²) in [5.41, 5.74) is 0.168. The van der Waals surface area contributed by atoms with Gasteiger partial charge >= 0.3 is 5.69 Å². The Morgan fingerprint density at radius 2 is 1.86 bits per heavy atom. The second-order valence-electron chi connectivity index (χ2n) is 4.00. The number of nitro benzene ring substituents is 1. The fraction of sp³-hybridized carbons (Fsp3) is 0.0769. The summed E-state index contributed by atoms with van der Waals surface area (Å²) in [6.07, 6.45) is 0. The predicted molar refractivity (Wildman–Crippen MR) is 83.3 cm³/mol. The Labute approximate surface area is 138 Å². The average Bonchev–Trinajstić information content (AvgIpc) is 2.44. The van der Waals surface area contributed by atoms with Gasteiger partial charge < -0.3 is 9.84 Å². The van der Waals surface area contributed by atoms with E-state index in [1.165, 1.54) is 6.07 Å². The molecule has 0 saturated heterocycles. The molecule has 0 aliphatic rings. The third-order valence-corrected chi connectivity index (χ3v) is 3.83. The van der Waals surface area contributed by atoms with E-state index in [4.69, 9.17) is 27.9 Å². The minimum absolute atomic E-state index is 0.0496. The molecule has 0 atom stereocenters. The number of nitrogens with zero attached hydrogens (tertiary/aromatic N) is 1. The summed E-state index contributed by atoms with van der Waals surface area (Å²) in [4.78, 5) is 10.4. The van der Waals surface area contributed by atoms with Gasteiger partial charge in [0.15, 0.2) is 0 Å². The molecule has 110 valence electrons. The van der Waals surface area contributed by atoms with Crippen LogP contribution in [0.2, 0.25) is 10.0 Å². The third kappa shape index (κ3) is 3.65. The van der Waals surface area contributed by atoms with Gasteiger partial charge in [0, 0.05) is 22.2 Å². The van der Waals surface area contributed by atoms with Crippen LogP contribution in [0.5, 0.6) is 11.5 Å². The normalized spacial score (nSPS) is 10.5. The fourth-order valence-corrected chi connectivity index (χ4v) is 2.35. The van der Waals surface area contributed by atoms with Crippen molar-refractivity contribution in [1.29, 1.82) is 0 Å². The van der Waals surface area contributed by atoms with Gasteiger partial charge in [-0.15, -0.1) is 0 Å². The molecule has 2 rings (SSSR count). The van der Waals surface area contributed by atoms with E-state index in [-0.39, 0.29) is 28.1 Å². The van der Waals surface area contributed by atoms with Crippen molar-refractivity contribution in [2.24, 2.45) is 0 Å². The van der Waals surface area contributed by atoms with Crippen molar-refractivity contribution < 1.29 is 14.8 Å². The fourth-order valence-electron chi connectivity index (χ4n) is 1.63. The standard InChI is InChI=1S/C13H8BrCl2NO4/c14-8-1-2-12(7(3-8)6-18)21-13-5-10(16)9(15)4-11(13)17(19)20/h1-5,18H,6H2. The first-order chi connectivity index (χ1) is 9.92. The van der Waals surface area contributed by atoms with E-state index in [0.29, 0.717) is 11.3 Å². The number of halogens is 3. The highest BCUT2D eigenvalue weighted by atomic mass is 79.9. The van der Waals surface area contributed by atoms with E-state index in [2.05, 4.69) is 15.9 Å². The molecule has 0 heterocycles. The van der Waals surface area contributed by atoms with E-state index in [9.17, 15) is 15.2 Å². The minimum atomic E-state index is -0.616. The van der Waals surface area contributed by atoms with Crippen molar-refractivity contribution in [1.82, 2.24) is 0 Å². The van der Waals surface area contributed by atoms with Crippen molar-refractivity contribution in [3.8, 4) is 11.5 Å². The highest BCUT2D eigenvalue weighted by Crippen LogP contribution is 2.39. The first-order valence-corrected chi connectivity index (χ1v) is 7.18. The van der Waals surface area contributed by atoms with Crippen LogP contribution in [-0.4, -0.2) is 10.0 Å². The monoisotopic (exact) mass is 391 g/mol. The molecule has 0 amide bonds. The Bertz CT molecular complexity index is 709. The van der Waals surface area contributed by atoms with Crippen LogP contribution >= 0.6 is 39.1 Å². The number of aliphatic hydroxyl groups excluding tert-OH is 1. The highest BCUT2D eigenvalue weighted by Gasteiger charge is 2.20. The van der Waals surface area contributed by atoms with Crippen LogP contribution in [-0.2, 0) is 6.61 Å². The Hall–Kier alpha value is -1.34. The number of hydrogen-bond donors (Lipinski definition) is 1. The van der Waals surface area contributed by atoms with Gasteiger partial charge in [0.1, 0.15) is 5.75 Å². The lowest BCUT2D eigenvalue weighted by atomic mass is 10.2. The van der Waals surface area contributed by atoms with Crippen LogP contribution < -0.4 is 4.74 Å². The maximum Gasteiger partial charge on any atom is 0.313 e. The summed E-state index contributed by atoms with van der Waals surface area (Å²) in [7, 11) is 0. The average molecular weight is 393 g/mol. The Morgan fingerprint density at radius 3 is 2.48 bits per heavy atom. The van der Waals surface area contributed by atoms with Gasteiger partial charge in [-0.2, -0.15) is 0 Å². The van der Waals surface area contributed by atoms with Crippen LogP contribution in [0.15, 0.2) is 34.8 Å². The number of aliphatic hydroxyl groups is 1. The van der Waals surface area contributed by atoms with Crippen LogP contribution in [0.4, 0.5) is 5.69 Å². The SMILES string of the molecule is O=[N+]([O-])c1cc(Cl)c(Cl)cc1Oc1ccc(Br)cc1CO. The summed E-state index contributed by atoms with van der Waals surface area (Å²) < 4.78 is 6.27. The largest absolute Gasteiger partial charge is 0.450 e. The Morgan fingerprint density at radius 1 is 1.19 bits per heavy atom. The van der Waals surface area contributed by atoms with Crippen LogP contribution in [0.3, 0.4) is 0 Å². The van der Waals surface area contributed by atoms with Gasteiger partial charge in [0.05, 0.1) is 21.6 Å². The number of rotatable bonds is 4. The topological polar surface area (TPSA) is 72.6 Å². The molecule has 0 aromatic heterocycles. The number of hydrogen-bond acceptors (Lipinski definition) is 4. The molecule has 0 unspecified atom stereocenters. The molecule has 0 spiro atoms. The highest BCUT2D eigenvalue weighted by molar-refractivity contribution is 9.10. The summed E-state index contributed by atoms with van der Waals surface area (Å²) in [5.74, 6) is 0.244. The Kier molecular flexibility index (Phi) is 5.05. The molecule has 0 fully saturated rings. The molecule has 2 aromatic carbocycles. The molecule has 0 aliphatic carbocycles. The molecule has 0 saturated carbocycles. The van der Waals surface area contributed by atoms with Gasteiger partial charge in [-0.1, -0.05) is 39.1 Å². The van der Waals surface area contributed by atoms with E-state index in [1.807, 2.05) is 0 Å². The first-order valence-electron chi connectivity index (χ1n) is 5.63.